The minimum absolute atomic E-state index is 0.203. The van der Waals surface area contributed by atoms with Crippen LogP contribution in [0.2, 0.25) is 0 Å². The zero-order valence-electron chi connectivity index (χ0n) is 14.3. The van der Waals surface area contributed by atoms with Gasteiger partial charge in [0, 0.05) is 25.9 Å². The van der Waals surface area contributed by atoms with Gasteiger partial charge < -0.3 is 5.11 Å². The fourth-order valence-electron chi connectivity index (χ4n) is 3.01. The Hall–Kier alpha value is -1.77. The van der Waals surface area contributed by atoms with Crippen molar-refractivity contribution in [3.05, 3.63) is 52.6 Å². The topological polar surface area (TPSA) is 75.4 Å². The van der Waals surface area contributed by atoms with Crippen LogP contribution < -0.4 is 0 Å². The lowest BCUT2D eigenvalue weighted by Crippen LogP contribution is -2.33. The first-order chi connectivity index (χ1) is 11.7. The number of nitrogens with zero attached hydrogens (tertiary/aromatic N) is 3. The summed E-state index contributed by atoms with van der Waals surface area (Å²) in [6.07, 6.45) is -0.0259. The van der Waals surface area contributed by atoms with Crippen LogP contribution in [0.25, 0.3) is 0 Å². The number of aliphatic hydroxyl groups excluding tert-OH is 1. The predicted octanol–water partition coefficient (Wildman–Crippen LogP) is 1.42. The van der Waals surface area contributed by atoms with E-state index in [2.05, 4.69) is 10.00 Å². The molecular formula is C17H22FN3O3S. The third-order valence-corrected chi connectivity index (χ3v) is 5.26. The van der Waals surface area contributed by atoms with Crippen LogP contribution in [0.1, 0.15) is 28.6 Å². The molecule has 3 rings (SSSR count). The first-order valence-electron chi connectivity index (χ1n) is 8.11. The Labute approximate surface area is 146 Å². The van der Waals surface area contributed by atoms with Gasteiger partial charge >= 0.3 is 0 Å². The molecule has 0 amide bonds. The van der Waals surface area contributed by atoms with E-state index in [1.807, 2.05) is 6.07 Å². The number of benzene rings is 1. The highest BCUT2D eigenvalue weighted by Gasteiger charge is 2.23. The zero-order chi connectivity index (χ0) is 18.2. The second-order valence-corrected chi connectivity index (χ2v) is 8.87. The fourth-order valence-corrected chi connectivity index (χ4v) is 3.75. The van der Waals surface area contributed by atoms with Gasteiger partial charge in [0.25, 0.3) is 0 Å². The highest BCUT2D eigenvalue weighted by Crippen LogP contribution is 2.21. The predicted molar refractivity (Wildman–Crippen MR) is 92.1 cm³/mol. The molecule has 8 heteroatoms. The van der Waals surface area contributed by atoms with Crippen LogP contribution in [0, 0.1) is 12.7 Å². The summed E-state index contributed by atoms with van der Waals surface area (Å²) >= 11 is 0. The summed E-state index contributed by atoms with van der Waals surface area (Å²) in [6.45, 7) is 4.39. The monoisotopic (exact) mass is 367 g/mol. The summed E-state index contributed by atoms with van der Waals surface area (Å²) in [5, 5.41) is 14.4. The summed E-state index contributed by atoms with van der Waals surface area (Å²) in [4.78, 5) is 2.17. The fraction of sp³-hybridized carbons (Fsp3) is 0.471. The molecule has 2 aromatic rings. The molecule has 1 aliphatic rings. The van der Waals surface area contributed by atoms with E-state index < -0.39 is 15.9 Å². The summed E-state index contributed by atoms with van der Waals surface area (Å²) in [7, 11) is -3.28. The molecule has 0 unspecified atom stereocenters. The van der Waals surface area contributed by atoms with Crippen molar-refractivity contribution in [1.82, 2.24) is 14.7 Å². The molecule has 0 radical (unpaired) electrons. The Bertz CT molecular complexity index is 879. The molecule has 25 heavy (non-hydrogen) atoms. The standard InChI is InChI=1S/C17H22FN3O3S/c1-12-3-4-13(7-15(12)18)9-20-5-6-21-14(10-20)8-16(19-21)17(22)11-25(2,23)24/h3-4,7-8,17,22H,5-6,9-11H2,1-2H3/t17-/m0/s1. The molecule has 2 heterocycles. The Morgan fingerprint density at radius 3 is 2.76 bits per heavy atom. The van der Waals surface area contributed by atoms with Crippen LogP contribution in [0.4, 0.5) is 4.39 Å². The smallest absolute Gasteiger partial charge is 0.150 e. The van der Waals surface area contributed by atoms with Gasteiger partial charge in [-0.3, -0.25) is 9.58 Å². The molecule has 0 fully saturated rings. The summed E-state index contributed by atoms with van der Waals surface area (Å²) in [5.41, 5.74) is 2.84. The average molecular weight is 367 g/mol. The third kappa shape index (κ3) is 4.45. The highest BCUT2D eigenvalue weighted by atomic mass is 32.2. The van der Waals surface area contributed by atoms with Crippen molar-refractivity contribution >= 4 is 9.84 Å². The molecule has 1 N–H and O–H groups in total. The summed E-state index contributed by atoms with van der Waals surface area (Å²) in [5.74, 6) is -0.541. The van der Waals surface area contributed by atoms with E-state index in [9.17, 15) is 17.9 Å². The van der Waals surface area contributed by atoms with Crippen molar-refractivity contribution in [2.75, 3.05) is 18.6 Å². The normalized spacial score (nSPS) is 16.6. The van der Waals surface area contributed by atoms with Gasteiger partial charge in [-0.05, 0) is 30.2 Å². The van der Waals surface area contributed by atoms with E-state index in [0.29, 0.717) is 30.9 Å². The second-order valence-electron chi connectivity index (χ2n) is 6.69. The van der Waals surface area contributed by atoms with Crippen LogP contribution in [0.15, 0.2) is 24.3 Å². The van der Waals surface area contributed by atoms with E-state index >= 15 is 0 Å². The van der Waals surface area contributed by atoms with Gasteiger partial charge in [-0.25, -0.2) is 12.8 Å². The summed E-state index contributed by atoms with van der Waals surface area (Å²) < 4.78 is 38.2. The first-order valence-corrected chi connectivity index (χ1v) is 10.2. The number of hydrogen-bond acceptors (Lipinski definition) is 5. The van der Waals surface area contributed by atoms with Gasteiger partial charge in [0.15, 0.2) is 0 Å². The molecule has 0 aliphatic carbocycles. The molecule has 1 atom stereocenters. The van der Waals surface area contributed by atoms with E-state index in [1.165, 1.54) is 0 Å². The molecular weight excluding hydrogens is 345 g/mol. The molecule has 0 saturated heterocycles. The SMILES string of the molecule is Cc1ccc(CN2CCn3nc([C@@H](O)CS(C)(=O)=O)cc3C2)cc1F. The lowest BCUT2D eigenvalue weighted by Gasteiger charge is -2.27. The van der Waals surface area contributed by atoms with Crippen LogP contribution in [0.3, 0.4) is 0 Å². The molecule has 136 valence electrons. The van der Waals surface area contributed by atoms with Crippen molar-refractivity contribution < 1.29 is 17.9 Å². The maximum atomic E-state index is 13.7. The van der Waals surface area contributed by atoms with Crippen LogP contribution in [0.5, 0.6) is 0 Å². The van der Waals surface area contributed by atoms with Gasteiger partial charge in [0.2, 0.25) is 0 Å². The Morgan fingerprint density at radius 1 is 1.32 bits per heavy atom. The lowest BCUT2D eigenvalue weighted by atomic mass is 10.1. The molecule has 0 spiro atoms. The Kier molecular flexibility index (Phi) is 4.95. The molecule has 0 saturated carbocycles. The molecule has 1 aromatic carbocycles. The van der Waals surface area contributed by atoms with Gasteiger partial charge in [-0.1, -0.05) is 12.1 Å². The van der Waals surface area contributed by atoms with Crippen LogP contribution in [-0.4, -0.2) is 46.8 Å². The number of fused-ring (bicyclic) bond motifs is 1. The molecule has 0 bridgehead atoms. The second kappa shape index (κ2) is 6.86. The van der Waals surface area contributed by atoms with Gasteiger partial charge in [-0.15, -0.1) is 0 Å². The Balaban J connectivity index is 1.70. The average Bonchev–Trinajstić information content (AvgIpc) is 2.93. The molecule has 6 nitrogen and oxygen atoms in total. The molecule has 1 aromatic heterocycles. The largest absolute Gasteiger partial charge is 0.386 e. The first kappa shape index (κ1) is 18.0. The van der Waals surface area contributed by atoms with Gasteiger partial charge in [-0.2, -0.15) is 5.10 Å². The minimum Gasteiger partial charge on any atom is -0.386 e. The number of halogens is 1. The van der Waals surface area contributed by atoms with Crippen LogP contribution >= 0.6 is 0 Å². The summed E-state index contributed by atoms with van der Waals surface area (Å²) in [6, 6.07) is 7.00. The van der Waals surface area contributed by atoms with Crippen molar-refractivity contribution in [2.24, 2.45) is 0 Å². The number of aliphatic hydroxyl groups is 1. The van der Waals surface area contributed by atoms with Crippen molar-refractivity contribution in [3.63, 3.8) is 0 Å². The van der Waals surface area contributed by atoms with Crippen molar-refractivity contribution in [3.8, 4) is 0 Å². The maximum absolute atomic E-state index is 13.7. The van der Waals surface area contributed by atoms with Gasteiger partial charge in [0.05, 0.1) is 23.7 Å². The van der Waals surface area contributed by atoms with E-state index in [-0.39, 0.29) is 11.6 Å². The minimum atomic E-state index is -3.28. The highest BCUT2D eigenvalue weighted by molar-refractivity contribution is 7.90. The number of rotatable bonds is 5. The zero-order valence-corrected chi connectivity index (χ0v) is 15.1. The van der Waals surface area contributed by atoms with E-state index in [0.717, 1.165) is 24.1 Å². The van der Waals surface area contributed by atoms with E-state index in [1.54, 1.807) is 29.8 Å². The number of aryl methyl sites for hydroxylation is 1. The lowest BCUT2D eigenvalue weighted by molar-refractivity contribution is 0.191. The van der Waals surface area contributed by atoms with Gasteiger partial charge in [0.1, 0.15) is 21.8 Å². The maximum Gasteiger partial charge on any atom is 0.150 e. The van der Waals surface area contributed by atoms with Crippen LogP contribution in [-0.2, 0) is 29.5 Å². The number of sulfone groups is 1. The van der Waals surface area contributed by atoms with Crippen molar-refractivity contribution in [2.45, 2.75) is 32.7 Å². The number of hydrogen-bond donors (Lipinski definition) is 1. The van der Waals surface area contributed by atoms with E-state index in [4.69, 9.17) is 0 Å². The number of aromatic nitrogens is 2. The third-order valence-electron chi connectivity index (χ3n) is 4.34. The molecule has 1 aliphatic heterocycles. The quantitative estimate of drug-likeness (QED) is 0.865. The Morgan fingerprint density at radius 2 is 2.08 bits per heavy atom. The van der Waals surface area contributed by atoms with Crippen molar-refractivity contribution in [1.29, 1.82) is 0 Å².